The molecule has 3 aliphatic rings. The Morgan fingerprint density at radius 1 is 1.07 bits per heavy atom. The maximum absolute atomic E-state index is 14.1. The first-order chi connectivity index (χ1) is 13.7. The first kappa shape index (κ1) is 17.8. The number of piperidine rings is 1. The fourth-order valence-corrected chi connectivity index (χ4v) is 5.02. The van der Waals surface area contributed by atoms with E-state index in [2.05, 4.69) is 14.8 Å². The quantitative estimate of drug-likeness (QED) is 0.814. The standard InChI is InChI=1S/C22H27FN4O/c23-19-9-4-3-8-16(19)17-13-18(17)22(28)26-11-6-7-15(14-26)21-25-24-20-10-2-1-5-12-27(20)21/h3-4,8-9,15,17-18H,1-2,5-7,10-14H2. The summed E-state index contributed by atoms with van der Waals surface area (Å²) in [6, 6.07) is 6.86. The number of aryl methyl sites for hydroxylation is 1. The molecule has 5 nitrogen and oxygen atoms in total. The third kappa shape index (κ3) is 3.23. The molecule has 1 aromatic carbocycles. The monoisotopic (exact) mass is 382 g/mol. The summed E-state index contributed by atoms with van der Waals surface area (Å²) >= 11 is 0. The molecule has 28 heavy (non-hydrogen) atoms. The van der Waals surface area contributed by atoms with Crippen molar-refractivity contribution >= 4 is 5.91 Å². The highest BCUT2D eigenvalue weighted by molar-refractivity contribution is 5.83. The van der Waals surface area contributed by atoms with Crippen molar-refractivity contribution in [2.24, 2.45) is 5.92 Å². The van der Waals surface area contributed by atoms with E-state index in [0.717, 1.165) is 57.0 Å². The molecule has 3 heterocycles. The van der Waals surface area contributed by atoms with Gasteiger partial charge < -0.3 is 9.47 Å². The zero-order chi connectivity index (χ0) is 19.1. The van der Waals surface area contributed by atoms with Gasteiger partial charge in [0.2, 0.25) is 5.91 Å². The number of likely N-dealkylation sites (tertiary alicyclic amines) is 1. The Balaban J connectivity index is 1.28. The Kier molecular flexibility index (Phi) is 4.65. The smallest absolute Gasteiger partial charge is 0.226 e. The van der Waals surface area contributed by atoms with Crippen molar-refractivity contribution in [2.75, 3.05) is 13.1 Å². The molecule has 1 amide bonds. The zero-order valence-electron chi connectivity index (χ0n) is 16.2. The number of fused-ring (bicyclic) bond motifs is 1. The van der Waals surface area contributed by atoms with Crippen molar-refractivity contribution in [1.29, 1.82) is 0 Å². The highest BCUT2D eigenvalue weighted by Crippen LogP contribution is 2.49. The van der Waals surface area contributed by atoms with E-state index in [1.165, 1.54) is 25.3 Å². The highest BCUT2D eigenvalue weighted by atomic mass is 19.1. The normalized spacial score (nSPS) is 27.2. The van der Waals surface area contributed by atoms with E-state index in [9.17, 15) is 9.18 Å². The number of rotatable bonds is 3. The van der Waals surface area contributed by atoms with Crippen LogP contribution in [0.4, 0.5) is 4.39 Å². The maximum atomic E-state index is 14.1. The third-order valence-electron chi connectivity index (χ3n) is 6.65. The van der Waals surface area contributed by atoms with Crippen LogP contribution in [0.3, 0.4) is 0 Å². The molecule has 2 aliphatic heterocycles. The lowest BCUT2D eigenvalue weighted by Gasteiger charge is -2.32. The van der Waals surface area contributed by atoms with Gasteiger partial charge in [0, 0.05) is 37.9 Å². The highest BCUT2D eigenvalue weighted by Gasteiger charge is 2.47. The van der Waals surface area contributed by atoms with E-state index in [1.54, 1.807) is 6.07 Å². The van der Waals surface area contributed by atoms with Gasteiger partial charge in [0.25, 0.3) is 0 Å². The van der Waals surface area contributed by atoms with E-state index in [0.29, 0.717) is 5.56 Å². The summed E-state index contributed by atoms with van der Waals surface area (Å²) in [4.78, 5) is 15.1. The number of nitrogens with zero attached hydrogens (tertiary/aromatic N) is 4. The average Bonchev–Trinajstić information content (AvgIpc) is 3.47. The van der Waals surface area contributed by atoms with Gasteiger partial charge in [-0.25, -0.2) is 4.39 Å². The second-order valence-corrected chi connectivity index (χ2v) is 8.53. The van der Waals surface area contributed by atoms with Gasteiger partial charge in [-0.1, -0.05) is 24.6 Å². The lowest BCUT2D eigenvalue weighted by molar-refractivity contribution is -0.133. The average molecular weight is 382 g/mol. The summed E-state index contributed by atoms with van der Waals surface area (Å²) < 4.78 is 16.4. The van der Waals surface area contributed by atoms with E-state index < -0.39 is 0 Å². The Morgan fingerprint density at radius 3 is 2.86 bits per heavy atom. The molecule has 1 aliphatic carbocycles. The summed E-state index contributed by atoms with van der Waals surface area (Å²) in [6.45, 7) is 2.52. The number of carbonyl (C=O) groups is 1. The molecular weight excluding hydrogens is 355 g/mol. The number of aromatic nitrogens is 3. The Morgan fingerprint density at radius 2 is 1.96 bits per heavy atom. The second-order valence-electron chi connectivity index (χ2n) is 8.53. The Hall–Kier alpha value is -2.24. The van der Waals surface area contributed by atoms with Crippen LogP contribution in [0, 0.1) is 11.7 Å². The zero-order valence-corrected chi connectivity index (χ0v) is 16.2. The van der Waals surface area contributed by atoms with Crippen LogP contribution in [-0.4, -0.2) is 38.7 Å². The molecule has 0 spiro atoms. The predicted octanol–water partition coefficient (Wildman–Crippen LogP) is 3.65. The van der Waals surface area contributed by atoms with E-state index in [1.807, 2.05) is 17.0 Å². The third-order valence-corrected chi connectivity index (χ3v) is 6.65. The fourth-order valence-electron chi connectivity index (χ4n) is 5.02. The molecule has 0 radical (unpaired) electrons. The number of benzene rings is 1. The molecule has 0 bridgehead atoms. The fraction of sp³-hybridized carbons (Fsp3) is 0.591. The Labute approximate surface area is 164 Å². The lowest BCUT2D eigenvalue weighted by atomic mass is 9.96. The van der Waals surface area contributed by atoms with E-state index in [4.69, 9.17) is 0 Å². The van der Waals surface area contributed by atoms with Gasteiger partial charge in [0.15, 0.2) is 0 Å². The molecule has 1 aromatic heterocycles. The molecule has 6 heteroatoms. The van der Waals surface area contributed by atoms with Crippen LogP contribution in [0.1, 0.15) is 67.6 Å². The first-order valence-electron chi connectivity index (χ1n) is 10.7. The molecule has 0 N–H and O–H groups in total. The Bertz CT molecular complexity index is 879. The van der Waals surface area contributed by atoms with Crippen molar-refractivity contribution < 1.29 is 9.18 Å². The van der Waals surface area contributed by atoms with Crippen molar-refractivity contribution in [3.8, 4) is 0 Å². The minimum atomic E-state index is -0.189. The molecular formula is C22H27FN4O. The number of halogens is 1. The first-order valence-corrected chi connectivity index (χ1v) is 10.7. The van der Waals surface area contributed by atoms with Crippen LogP contribution < -0.4 is 0 Å². The van der Waals surface area contributed by atoms with Gasteiger partial charge in [0.1, 0.15) is 17.5 Å². The van der Waals surface area contributed by atoms with Gasteiger partial charge in [-0.15, -0.1) is 10.2 Å². The van der Waals surface area contributed by atoms with Gasteiger partial charge in [-0.2, -0.15) is 0 Å². The summed E-state index contributed by atoms with van der Waals surface area (Å²) in [6.07, 6.45) is 7.44. The van der Waals surface area contributed by atoms with E-state index >= 15 is 0 Å². The number of hydrogen-bond donors (Lipinski definition) is 0. The predicted molar refractivity (Wildman–Crippen MR) is 103 cm³/mol. The molecule has 1 saturated heterocycles. The second kappa shape index (κ2) is 7.30. The largest absolute Gasteiger partial charge is 0.342 e. The summed E-state index contributed by atoms with van der Waals surface area (Å²) in [7, 11) is 0. The van der Waals surface area contributed by atoms with Crippen LogP contribution in [0.5, 0.6) is 0 Å². The summed E-state index contributed by atoms with van der Waals surface area (Å²) in [5.41, 5.74) is 0.692. The topological polar surface area (TPSA) is 51.0 Å². The van der Waals surface area contributed by atoms with Gasteiger partial charge in [-0.3, -0.25) is 4.79 Å². The SMILES string of the molecule is O=C(C1CC1c1ccccc1F)N1CCCC(c2nnc3n2CCCCC3)C1. The molecule has 2 aromatic rings. The van der Waals surface area contributed by atoms with Crippen LogP contribution >= 0.6 is 0 Å². The van der Waals surface area contributed by atoms with Crippen molar-refractivity contribution in [3.05, 3.63) is 47.3 Å². The molecule has 5 rings (SSSR count). The van der Waals surface area contributed by atoms with Gasteiger partial charge in [-0.05, 0) is 49.7 Å². The lowest BCUT2D eigenvalue weighted by Crippen LogP contribution is -2.40. The molecule has 3 atom stereocenters. The summed E-state index contributed by atoms with van der Waals surface area (Å²) in [5.74, 6) is 2.42. The van der Waals surface area contributed by atoms with Gasteiger partial charge in [0.05, 0.1) is 0 Å². The van der Waals surface area contributed by atoms with Gasteiger partial charge >= 0.3 is 0 Å². The van der Waals surface area contributed by atoms with Crippen LogP contribution in [0.25, 0.3) is 0 Å². The minimum absolute atomic E-state index is 0.0402. The minimum Gasteiger partial charge on any atom is -0.342 e. The van der Waals surface area contributed by atoms with Crippen molar-refractivity contribution in [3.63, 3.8) is 0 Å². The molecule has 3 unspecified atom stereocenters. The van der Waals surface area contributed by atoms with Crippen LogP contribution in [-0.2, 0) is 17.8 Å². The molecule has 1 saturated carbocycles. The molecule has 148 valence electrons. The van der Waals surface area contributed by atoms with Crippen LogP contribution in [0.2, 0.25) is 0 Å². The van der Waals surface area contributed by atoms with Crippen LogP contribution in [0.15, 0.2) is 24.3 Å². The summed E-state index contributed by atoms with van der Waals surface area (Å²) in [5, 5.41) is 8.96. The maximum Gasteiger partial charge on any atom is 0.226 e. The van der Waals surface area contributed by atoms with Crippen molar-refractivity contribution in [2.45, 2.75) is 63.3 Å². The number of hydrogen-bond acceptors (Lipinski definition) is 3. The molecule has 2 fully saturated rings. The number of amides is 1. The van der Waals surface area contributed by atoms with E-state index in [-0.39, 0.29) is 29.5 Å². The van der Waals surface area contributed by atoms with Crippen molar-refractivity contribution in [1.82, 2.24) is 19.7 Å². The number of carbonyl (C=O) groups excluding carboxylic acids is 1.